The summed E-state index contributed by atoms with van der Waals surface area (Å²) < 4.78 is 0. The summed E-state index contributed by atoms with van der Waals surface area (Å²) in [4.78, 5) is 2.10. The van der Waals surface area contributed by atoms with Gasteiger partial charge in [-0.2, -0.15) is 0 Å². The van der Waals surface area contributed by atoms with Crippen LogP contribution < -0.4 is 5.73 Å². The van der Waals surface area contributed by atoms with Crippen molar-refractivity contribution < 1.29 is 0 Å². The van der Waals surface area contributed by atoms with E-state index in [0.717, 1.165) is 16.2 Å². The molecule has 2 aromatic rings. The Balaban J connectivity index is 2.13. The number of benzene rings is 2. The Labute approximate surface area is 128 Å². The van der Waals surface area contributed by atoms with Crippen molar-refractivity contribution in [3.05, 3.63) is 58.1 Å². The van der Waals surface area contributed by atoms with E-state index in [4.69, 9.17) is 28.9 Å². The molecule has 19 heavy (non-hydrogen) atoms. The molecular formula is C15H15Cl2NS. The quantitative estimate of drug-likeness (QED) is 0.856. The highest BCUT2D eigenvalue weighted by molar-refractivity contribution is 7.99. The van der Waals surface area contributed by atoms with Gasteiger partial charge in [-0.3, -0.25) is 0 Å². The first-order valence-corrected chi connectivity index (χ1v) is 7.59. The van der Waals surface area contributed by atoms with Crippen LogP contribution in [0.15, 0.2) is 52.3 Å². The molecule has 0 aromatic heterocycles. The highest BCUT2D eigenvalue weighted by Gasteiger charge is 2.04. The van der Waals surface area contributed by atoms with E-state index < -0.39 is 0 Å². The highest BCUT2D eigenvalue weighted by atomic mass is 35.5. The smallest absolute Gasteiger partial charge is 0.0546 e. The topological polar surface area (TPSA) is 26.0 Å². The third-order valence-electron chi connectivity index (χ3n) is 2.60. The predicted octanol–water partition coefficient (Wildman–Crippen LogP) is 5.03. The highest BCUT2D eigenvalue weighted by Crippen LogP contribution is 2.35. The number of nitrogens with two attached hydrogens (primary N) is 1. The van der Waals surface area contributed by atoms with Crippen LogP contribution in [0.5, 0.6) is 0 Å². The Bertz CT molecular complexity index is 553. The van der Waals surface area contributed by atoms with Crippen molar-refractivity contribution >= 4 is 35.0 Å². The van der Waals surface area contributed by atoms with E-state index in [9.17, 15) is 0 Å². The third kappa shape index (κ3) is 4.43. The number of hydrogen-bond acceptors (Lipinski definition) is 2. The molecule has 0 amide bonds. The largest absolute Gasteiger partial charge is 0.328 e. The molecule has 1 unspecified atom stereocenters. The van der Waals surface area contributed by atoms with E-state index in [1.165, 1.54) is 5.56 Å². The minimum atomic E-state index is 0.181. The van der Waals surface area contributed by atoms with Crippen molar-refractivity contribution in [3.8, 4) is 0 Å². The van der Waals surface area contributed by atoms with Gasteiger partial charge in [0.1, 0.15) is 0 Å². The van der Waals surface area contributed by atoms with Gasteiger partial charge in [0.05, 0.1) is 5.02 Å². The fraction of sp³-hybridized carbons (Fsp3) is 0.200. The van der Waals surface area contributed by atoms with Crippen LogP contribution in [-0.2, 0) is 6.42 Å². The second-order valence-electron chi connectivity index (χ2n) is 4.50. The lowest BCUT2D eigenvalue weighted by Crippen LogP contribution is -2.17. The van der Waals surface area contributed by atoms with Crippen LogP contribution in [-0.4, -0.2) is 6.04 Å². The van der Waals surface area contributed by atoms with Gasteiger partial charge in [-0.15, -0.1) is 0 Å². The standard InChI is InChI=1S/C15H15Cl2NS/c1-10(18)8-11-2-5-13(6-3-11)19-15-9-12(16)4-7-14(15)17/h2-7,9-10H,8,18H2,1H3. The fourth-order valence-corrected chi connectivity index (χ4v) is 3.10. The summed E-state index contributed by atoms with van der Waals surface area (Å²) in [5, 5.41) is 1.41. The zero-order chi connectivity index (χ0) is 13.8. The summed E-state index contributed by atoms with van der Waals surface area (Å²) >= 11 is 13.7. The zero-order valence-electron chi connectivity index (χ0n) is 10.6. The molecular weight excluding hydrogens is 297 g/mol. The average Bonchev–Trinajstić information content (AvgIpc) is 2.35. The molecule has 2 aromatic carbocycles. The van der Waals surface area contributed by atoms with E-state index in [-0.39, 0.29) is 6.04 Å². The lowest BCUT2D eigenvalue weighted by molar-refractivity contribution is 0.737. The van der Waals surface area contributed by atoms with Gasteiger partial charge >= 0.3 is 0 Å². The third-order valence-corrected chi connectivity index (χ3v) is 4.34. The lowest BCUT2D eigenvalue weighted by Gasteiger charge is -2.07. The Morgan fingerprint density at radius 2 is 1.79 bits per heavy atom. The number of rotatable bonds is 4. The monoisotopic (exact) mass is 311 g/mol. The van der Waals surface area contributed by atoms with Crippen LogP contribution in [0.1, 0.15) is 12.5 Å². The average molecular weight is 312 g/mol. The Kier molecular flexibility index (Phi) is 5.17. The molecule has 0 spiro atoms. The summed E-state index contributed by atoms with van der Waals surface area (Å²) in [5.41, 5.74) is 7.03. The van der Waals surface area contributed by atoms with E-state index in [0.29, 0.717) is 10.0 Å². The van der Waals surface area contributed by atoms with Gasteiger partial charge in [-0.1, -0.05) is 47.1 Å². The Morgan fingerprint density at radius 1 is 1.11 bits per heavy atom. The molecule has 4 heteroatoms. The molecule has 0 saturated carbocycles. The molecule has 0 fully saturated rings. The second-order valence-corrected chi connectivity index (χ2v) is 6.46. The maximum absolute atomic E-state index is 6.15. The van der Waals surface area contributed by atoms with Gasteiger partial charge in [0.25, 0.3) is 0 Å². The molecule has 2 rings (SSSR count). The summed E-state index contributed by atoms with van der Waals surface area (Å²) in [6, 6.07) is 14.0. The zero-order valence-corrected chi connectivity index (χ0v) is 12.9. The predicted molar refractivity (Wildman–Crippen MR) is 84.4 cm³/mol. The van der Waals surface area contributed by atoms with Crippen molar-refractivity contribution in [2.24, 2.45) is 5.73 Å². The maximum Gasteiger partial charge on any atom is 0.0546 e. The van der Waals surface area contributed by atoms with E-state index >= 15 is 0 Å². The molecule has 0 aliphatic heterocycles. The normalized spacial score (nSPS) is 12.4. The van der Waals surface area contributed by atoms with Crippen LogP contribution in [0.3, 0.4) is 0 Å². The molecule has 0 aliphatic rings. The Morgan fingerprint density at radius 3 is 2.42 bits per heavy atom. The van der Waals surface area contributed by atoms with Crippen LogP contribution >= 0.6 is 35.0 Å². The van der Waals surface area contributed by atoms with Gasteiger partial charge in [-0.05, 0) is 49.2 Å². The molecule has 0 radical (unpaired) electrons. The van der Waals surface area contributed by atoms with Gasteiger partial charge < -0.3 is 5.73 Å². The fourth-order valence-electron chi connectivity index (χ4n) is 1.75. The van der Waals surface area contributed by atoms with E-state index in [1.807, 2.05) is 19.1 Å². The summed E-state index contributed by atoms with van der Waals surface area (Å²) in [6.45, 7) is 2.01. The second kappa shape index (κ2) is 6.67. The molecule has 2 N–H and O–H groups in total. The maximum atomic E-state index is 6.15. The first-order chi connectivity index (χ1) is 9.04. The summed E-state index contributed by atoms with van der Waals surface area (Å²) in [5.74, 6) is 0. The molecule has 0 heterocycles. The van der Waals surface area contributed by atoms with Gasteiger partial charge in [0, 0.05) is 20.9 Å². The van der Waals surface area contributed by atoms with Gasteiger partial charge in [-0.25, -0.2) is 0 Å². The van der Waals surface area contributed by atoms with Crippen molar-refractivity contribution in [3.63, 3.8) is 0 Å². The summed E-state index contributed by atoms with van der Waals surface area (Å²) in [7, 11) is 0. The molecule has 1 atom stereocenters. The molecule has 0 saturated heterocycles. The van der Waals surface area contributed by atoms with Crippen molar-refractivity contribution in [2.45, 2.75) is 29.2 Å². The molecule has 1 nitrogen and oxygen atoms in total. The van der Waals surface area contributed by atoms with Crippen molar-refractivity contribution in [1.29, 1.82) is 0 Å². The van der Waals surface area contributed by atoms with Gasteiger partial charge in [0.15, 0.2) is 0 Å². The minimum Gasteiger partial charge on any atom is -0.328 e. The number of halogens is 2. The Hall–Kier alpha value is -0.670. The lowest BCUT2D eigenvalue weighted by atomic mass is 10.1. The number of hydrogen-bond donors (Lipinski definition) is 1. The van der Waals surface area contributed by atoms with E-state index in [2.05, 4.69) is 24.3 Å². The minimum absolute atomic E-state index is 0.181. The van der Waals surface area contributed by atoms with Crippen LogP contribution in [0.25, 0.3) is 0 Å². The van der Waals surface area contributed by atoms with E-state index in [1.54, 1.807) is 17.8 Å². The molecule has 0 bridgehead atoms. The SMILES string of the molecule is CC(N)Cc1ccc(Sc2cc(Cl)ccc2Cl)cc1. The van der Waals surface area contributed by atoms with Crippen molar-refractivity contribution in [1.82, 2.24) is 0 Å². The van der Waals surface area contributed by atoms with Crippen molar-refractivity contribution in [2.75, 3.05) is 0 Å². The van der Waals surface area contributed by atoms with Crippen LogP contribution in [0, 0.1) is 0 Å². The van der Waals surface area contributed by atoms with Crippen LogP contribution in [0.4, 0.5) is 0 Å². The first kappa shape index (κ1) is 14.7. The molecule has 0 aliphatic carbocycles. The molecule has 100 valence electrons. The van der Waals surface area contributed by atoms with Gasteiger partial charge in [0.2, 0.25) is 0 Å². The first-order valence-electron chi connectivity index (χ1n) is 6.02. The summed E-state index contributed by atoms with van der Waals surface area (Å²) in [6.07, 6.45) is 0.892. The van der Waals surface area contributed by atoms with Crippen LogP contribution in [0.2, 0.25) is 10.0 Å².